The van der Waals surface area contributed by atoms with Crippen LogP contribution >= 0.6 is 23.2 Å². The highest BCUT2D eigenvalue weighted by molar-refractivity contribution is 6.42. The van der Waals surface area contributed by atoms with E-state index in [4.69, 9.17) is 27.9 Å². The molecular formula is C19H13Cl2F3O3. The summed E-state index contributed by atoms with van der Waals surface area (Å²) in [6.45, 7) is 0.922. The number of hydrogen-bond acceptors (Lipinski definition) is 3. The zero-order chi connectivity index (χ0) is 20.2. The monoisotopic (exact) mass is 416 g/mol. The molecule has 8 heteroatoms. The Kier molecular flexibility index (Phi) is 6.68. The molecule has 0 bridgehead atoms. The van der Waals surface area contributed by atoms with Gasteiger partial charge in [0, 0.05) is 0 Å². The molecule has 0 aliphatic carbocycles. The first-order valence-electron chi connectivity index (χ1n) is 7.59. The summed E-state index contributed by atoms with van der Waals surface area (Å²) in [6, 6.07) is 8.75. The van der Waals surface area contributed by atoms with E-state index in [0.717, 1.165) is 12.1 Å². The lowest BCUT2D eigenvalue weighted by Gasteiger charge is -2.09. The number of hydrogen-bond donors (Lipinski definition) is 0. The molecule has 0 aromatic heterocycles. The zero-order valence-corrected chi connectivity index (χ0v) is 15.5. The number of carbonyl (C=O) groups excluding carboxylic acids is 2. The predicted molar refractivity (Wildman–Crippen MR) is 96.4 cm³/mol. The topological polar surface area (TPSA) is 43.4 Å². The number of alkyl halides is 3. The smallest absolute Gasteiger partial charge is 0.416 e. The molecule has 0 spiro atoms. The highest BCUT2D eigenvalue weighted by Crippen LogP contribution is 2.29. The normalized spacial score (nSPS) is 12.0. The quantitative estimate of drug-likeness (QED) is 0.270. The van der Waals surface area contributed by atoms with Crippen LogP contribution in [0.15, 0.2) is 48.0 Å². The summed E-state index contributed by atoms with van der Waals surface area (Å²) < 4.78 is 42.7. The minimum absolute atomic E-state index is 0.222. The third kappa shape index (κ3) is 5.84. The molecule has 27 heavy (non-hydrogen) atoms. The van der Waals surface area contributed by atoms with Crippen molar-refractivity contribution in [3.63, 3.8) is 0 Å². The number of ketones is 1. The van der Waals surface area contributed by atoms with Gasteiger partial charge in [0.05, 0.1) is 15.6 Å². The zero-order valence-electron chi connectivity index (χ0n) is 13.9. The molecule has 2 aromatic carbocycles. The van der Waals surface area contributed by atoms with Gasteiger partial charge in [0.1, 0.15) is 12.2 Å². The molecule has 0 saturated heterocycles. The largest absolute Gasteiger partial charge is 0.457 e. The Morgan fingerprint density at radius 2 is 1.67 bits per heavy atom. The van der Waals surface area contributed by atoms with E-state index in [1.165, 1.54) is 37.3 Å². The second-order valence-electron chi connectivity index (χ2n) is 5.56. The summed E-state index contributed by atoms with van der Waals surface area (Å²) in [5, 5.41) is 0.578. The first kappa shape index (κ1) is 21.0. The summed E-state index contributed by atoms with van der Waals surface area (Å²) in [7, 11) is 0. The SMILES string of the molecule is CC(=O)C(=Cc1ccc(Cl)c(Cl)c1)C(=O)OCc1ccc(C(F)(F)F)cc1. The third-order valence-electron chi connectivity index (χ3n) is 3.51. The first-order chi connectivity index (χ1) is 12.6. The van der Waals surface area contributed by atoms with E-state index in [0.29, 0.717) is 16.1 Å². The van der Waals surface area contributed by atoms with E-state index in [9.17, 15) is 22.8 Å². The van der Waals surface area contributed by atoms with Crippen molar-refractivity contribution >= 4 is 41.0 Å². The summed E-state index contributed by atoms with van der Waals surface area (Å²) in [6.07, 6.45) is -3.14. The van der Waals surface area contributed by atoms with E-state index in [1.807, 2.05) is 0 Å². The van der Waals surface area contributed by atoms with Crippen LogP contribution in [0.25, 0.3) is 6.08 Å². The molecule has 0 aliphatic heterocycles. The molecule has 0 N–H and O–H groups in total. The van der Waals surface area contributed by atoms with Crippen molar-refractivity contribution in [2.45, 2.75) is 19.7 Å². The summed E-state index contributed by atoms with van der Waals surface area (Å²) in [5.74, 6) is -1.42. The predicted octanol–water partition coefficient (Wildman–Crippen LogP) is 5.73. The molecular weight excluding hydrogens is 404 g/mol. The summed E-state index contributed by atoms with van der Waals surface area (Å²) in [4.78, 5) is 23.9. The van der Waals surface area contributed by atoms with Gasteiger partial charge in [-0.15, -0.1) is 0 Å². The molecule has 0 unspecified atom stereocenters. The second-order valence-corrected chi connectivity index (χ2v) is 6.37. The fraction of sp³-hybridized carbons (Fsp3) is 0.158. The van der Waals surface area contributed by atoms with Gasteiger partial charge in [0.15, 0.2) is 5.78 Å². The van der Waals surface area contributed by atoms with E-state index in [-0.39, 0.29) is 17.2 Å². The Balaban J connectivity index is 2.12. The number of halogens is 5. The van der Waals surface area contributed by atoms with Crippen LogP contribution in [-0.4, -0.2) is 11.8 Å². The molecule has 0 aliphatic rings. The number of benzene rings is 2. The standard InChI is InChI=1S/C19H13Cl2F3O3/c1-11(25)15(8-13-4-7-16(20)17(21)9-13)18(26)27-10-12-2-5-14(6-3-12)19(22,23)24/h2-9H,10H2,1H3. The van der Waals surface area contributed by atoms with Gasteiger partial charge in [-0.25, -0.2) is 4.79 Å². The number of ether oxygens (including phenoxy) is 1. The molecule has 0 radical (unpaired) electrons. The van der Waals surface area contributed by atoms with Crippen molar-refractivity contribution < 1.29 is 27.5 Å². The molecule has 0 saturated carbocycles. The maximum absolute atomic E-state index is 12.5. The van der Waals surface area contributed by atoms with Crippen LogP contribution in [0.2, 0.25) is 10.0 Å². The van der Waals surface area contributed by atoms with E-state index in [1.54, 1.807) is 6.07 Å². The Labute approximate surface area is 163 Å². The summed E-state index contributed by atoms with van der Waals surface area (Å²) in [5.41, 5.74) is -0.198. The van der Waals surface area contributed by atoms with E-state index >= 15 is 0 Å². The highest BCUT2D eigenvalue weighted by Gasteiger charge is 2.30. The maximum atomic E-state index is 12.5. The van der Waals surface area contributed by atoms with Crippen LogP contribution in [0.3, 0.4) is 0 Å². The van der Waals surface area contributed by atoms with Crippen molar-refractivity contribution in [3.8, 4) is 0 Å². The van der Waals surface area contributed by atoms with Crippen LogP contribution in [0.1, 0.15) is 23.6 Å². The van der Waals surface area contributed by atoms with Crippen molar-refractivity contribution in [1.82, 2.24) is 0 Å². The van der Waals surface area contributed by atoms with Gasteiger partial charge in [0.2, 0.25) is 0 Å². The lowest BCUT2D eigenvalue weighted by Crippen LogP contribution is -2.13. The van der Waals surface area contributed by atoms with Gasteiger partial charge >= 0.3 is 12.1 Å². The van der Waals surface area contributed by atoms with Crippen molar-refractivity contribution in [2.75, 3.05) is 0 Å². The molecule has 2 aromatic rings. The molecule has 0 amide bonds. The molecule has 0 fully saturated rings. The number of carbonyl (C=O) groups is 2. The van der Waals surface area contributed by atoms with Gasteiger partial charge in [-0.3, -0.25) is 4.79 Å². The Hall–Kier alpha value is -2.31. The number of rotatable bonds is 5. The van der Waals surface area contributed by atoms with Crippen LogP contribution in [-0.2, 0) is 27.1 Å². The first-order valence-corrected chi connectivity index (χ1v) is 8.34. The molecule has 0 atom stereocenters. The van der Waals surface area contributed by atoms with Gasteiger partial charge in [0.25, 0.3) is 0 Å². The van der Waals surface area contributed by atoms with Crippen LogP contribution in [0.5, 0.6) is 0 Å². The second kappa shape index (κ2) is 8.59. The lowest BCUT2D eigenvalue weighted by atomic mass is 10.1. The Bertz CT molecular complexity index is 888. The number of esters is 1. The van der Waals surface area contributed by atoms with Crippen molar-refractivity contribution in [2.24, 2.45) is 0 Å². The van der Waals surface area contributed by atoms with Crippen molar-refractivity contribution in [1.29, 1.82) is 0 Å². The van der Waals surface area contributed by atoms with E-state index < -0.39 is 23.5 Å². The molecule has 0 heterocycles. The average molecular weight is 417 g/mol. The molecule has 142 valence electrons. The van der Waals surface area contributed by atoms with Gasteiger partial charge in [-0.1, -0.05) is 41.4 Å². The minimum Gasteiger partial charge on any atom is -0.457 e. The highest BCUT2D eigenvalue weighted by atomic mass is 35.5. The van der Waals surface area contributed by atoms with Crippen molar-refractivity contribution in [3.05, 3.63) is 74.8 Å². The van der Waals surface area contributed by atoms with Gasteiger partial charge in [-0.2, -0.15) is 13.2 Å². The van der Waals surface area contributed by atoms with Gasteiger partial charge in [-0.05, 0) is 48.4 Å². The summed E-state index contributed by atoms with van der Waals surface area (Å²) >= 11 is 11.7. The Morgan fingerprint density at radius 1 is 1.04 bits per heavy atom. The fourth-order valence-corrected chi connectivity index (χ4v) is 2.40. The van der Waals surface area contributed by atoms with Crippen LogP contribution in [0, 0.1) is 0 Å². The molecule has 3 nitrogen and oxygen atoms in total. The number of Topliss-reactive ketones (excluding diaryl/α,β-unsaturated/α-hetero) is 1. The van der Waals surface area contributed by atoms with Crippen LogP contribution < -0.4 is 0 Å². The van der Waals surface area contributed by atoms with Gasteiger partial charge < -0.3 is 4.74 Å². The minimum atomic E-state index is -4.44. The van der Waals surface area contributed by atoms with Crippen LogP contribution in [0.4, 0.5) is 13.2 Å². The average Bonchev–Trinajstić information content (AvgIpc) is 2.60. The fourth-order valence-electron chi connectivity index (χ4n) is 2.09. The Morgan fingerprint density at radius 3 is 2.19 bits per heavy atom. The third-order valence-corrected chi connectivity index (χ3v) is 4.24. The lowest BCUT2D eigenvalue weighted by molar-refractivity contribution is -0.141. The maximum Gasteiger partial charge on any atom is 0.416 e. The van der Waals surface area contributed by atoms with E-state index in [2.05, 4.69) is 0 Å². The molecule has 2 rings (SSSR count).